The van der Waals surface area contributed by atoms with Crippen LogP contribution in [-0.2, 0) is 0 Å². The molecule has 0 fully saturated rings. The molecule has 1 amide bonds. The van der Waals surface area contributed by atoms with E-state index < -0.39 is 0 Å². The summed E-state index contributed by atoms with van der Waals surface area (Å²) < 4.78 is 5.53. The average molecular weight is 271 g/mol. The zero-order valence-electron chi connectivity index (χ0n) is 11.7. The Morgan fingerprint density at radius 2 is 2.00 bits per heavy atom. The molecule has 1 aromatic carbocycles. The van der Waals surface area contributed by atoms with E-state index in [0.717, 1.165) is 11.3 Å². The maximum atomic E-state index is 12.0. The lowest BCUT2D eigenvalue weighted by molar-refractivity contribution is 0.0955. The van der Waals surface area contributed by atoms with Crippen LogP contribution in [0.15, 0.2) is 39.9 Å². The van der Waals surface area contributed by atoms with E-state index in [0.29, 0.717) is 22.7 Å². The van der Waals surface area contributed by atoms with Crippen molar-refractivity contribution in [2.75, 3.05) is 5.73 Å². The third-order valence-corrected chi connectivity index (χ3v) is 2.90. The van der Waals surface area contributed by atoms with Gasteiger partial charge in [0.15, 0.2) is 5.76 Å². The van der Waals surface area contributed by atoms with Crippen molar-refractivity contribution in [3.05, 3.63) is 53.0 Å². The van der Waals surface area contributed by atoms with E-state index in [-0.39, 0.29) is 5.91 Å². The van der Waals surface area contributed by atoms with Crippen molar-refractivity contribution in [3.8, 4) is 0 Å². The topological polar surface area (TPSA) is 80.6 Å². The molecule has 0 spiro atoms. The molecule has 104 valence electrons. The highest BCUT2D eigenvalue weighted by Gasteiger charge is 2.11. The number of amides is 1. The smallest absolute Gasteiger partial charge is 0.273 e. The Kier molecular flexibility index (Phi) is 3.89. The molecule has 1 aromatic heterocycles. The van der Waals surface area contributed by atoms with Gasteiger partial charge in [0.1, 0.15) is 11.5 Å². The number of hydrogen-bond acceptors (Lipinski definition) is 4. The quantitative estimate of drug-likeness (QED) is 0.511. The minimum atomic E-state index is -0.344. The van der Waals surface area contributed by atoms with E-state index >= 15 is 0 Å². The summed E-state index contributed by atoms with van der Waals surface area (Å²) in [5.41, 5.74) is 10.6. The summed E-state index contributed by atoms with van der Waals surface area (Å²) in [6.07, 6.45) is 0. The SMILES string of the molecule is C/C(=N\NC(=O)c1ccccc1N)c1oc(C)cc1C. The minimum Gasteiger partial charge on any atom is -0.460 e. The van der Waals surface area contributed by atoms with Gasteiger partial charge < -0.3 is 10.2 Å². The van der Waals surface area contributed by atoms with E-state index in [9.17, 15) is 4.79 Å². The lowest BCUT2D eigenvalue weighted by atomic mass is 10.2. The molecule has 0 aliphatic rings. The number of rotatable bonds is 3. The highest BCUT2D eigenvalue weighted by Crippen LogP contribution is 2.14. The summed E-state index contributed by atoms with van der Waals surface area (Å²) in [7, 11) is 0. The Hall–Kier alpha value is -2.56. The van der Waals surface area contributed by atoms with Gasteiger partial charge in [0.25, 0.3) is 5.91 Å². The maximum Gasteiger partial charge on any atom is 0.273 e. The van der Waals surface area contributed by atoms with Crippen molar-refractivity contribution in [3.63, 3.8) is 0 Å². The molecule has 0 radical (unpaired) electrons. The fourth-order valence-corrected chi connectivity index (χ4v) is 1.95. The first-order valence-electron chi connectivity index (χ1n) is 6.25. The number of aryl methyl sites for hydroxylation is 2. The first-order valence-corrected chi connectivity index (χ1v) is 6.25. The van der Waals surface area contributed by atoms with Gasteiger partial charge >= 0.3 is 0 Å². The second-order valence-electron chi connectivity index (χ2n) is 4.59. The summed E-state index contributed by atoms with van der Waals surface area (Å²) in [4.78, 5) is 12.0. The largest absolute Gasteiger partial charge is 0.460 e. The molecule has 0 atom stereocenters. The van der Waals surface area contributed by atoms with Crippen molar-refractivity contribution in [2.24, 2.45) is 5.10 Å². The number of furan rings is 1. The summed E-state index contributed by atoms with van der Waals surface area (Å²) in [6.45, 7) is 5.58. The van der Waals surface area contributed by atoms with Gasteiger partial charge in [-0.25, -0.2) is 5.43 Å². The lowest BCUT2D eigenvalue weighted by Crippen LogP contribution is -2.20. The van der Waals surface area contributed by atoms with Crippen molar-refractivity contribution in [2.45, 2.75) is 20.8 Å². The molecule has 0 unspecified atom stereocenters. The molecule has 0 aliphatic heterocycles. The van der Waals surface area contributed by atoms with Crippen LogP contribution in [0, 0.1) is 13.8 Å². The van der Waals surface area contributed by atoms with E-state index in [4.69, 9.17) is 10.2 Å². The monoisotopic (exact) mass is 271 g/mol. The maximum absolute atomic E-state index is 12.0. The molecule has 2 rings (SSSR count). The molecule has 5 heteroatoms. The Labute approximate surface area is 117 Å². The molecular weight excluding hydrogens is 254 g/mol. The number of anilines is 1. The highest BCUT2D eigenvalue weighted by molar-refractivity contribution is 6.02. The van der Waals surface area contributed by atoms with E-state index in [1.165, 1.54) is 0 Å². The minimum absolute atomic E-state index is 0.344. The van der Waals surface area contributed by atoms with Crippen LogP contribution < -0.4 is 11.2 Å². The van der Waals surface area contributed by atoms with Crippen LogP contribution in [0.3, 0.4) is 0 Å². The van der Waals surface area contributed by atoms with Crippen LogP contribution in [0.5, 0.6) is 0 Å². The number of carbonyl (C=O) groups excluding carboxylic acids is 1. The number of carbonyl (C=O) groups is 1. The van der Waals surface area contributed by atoms with Gasteiger partial charge in [0.05, 0.1) is 5.56 Å². The van der Waals surface area contributed by atoms with Crippen LogP contribution >= 0.6 is 0 Å². The van der Waals surface area contributed by atoms with Gasteiger partial charge in [-0.2, -0.15) is 5.10 Å². The fourth-order valence-electron chi connectivity index (χ4n) is 1.95. The number of nitrogens with zero attached hydrogens (tertiary/aromatic N) is 1. The van der Waals surface area contributed by atoms with Crippen molar-refractivity contribution in [1.29, 1.82) is 0 Å². The number of nitrogens with two attached hydrogens (primary N) is 1. The zero-order valence-corrected chi connectivity index (χ0v) is 11.7. The second kappa shape index (κ2) is 5.61. The van der Waals surface area contributed by atoms with Crippen molar-refractivity contribution < 1.29 is 9.21 Å². The van der Waals surface area contributed by atoms with Gasteiger partial charge in [-0.3, -0.25) is 4.79 Å². The molecule has 0 saturated carbocycles. The fraction of sp³-hybridized carbons (Fsp3) is 0.200. The number of hydrogen-bond donors (Lipinski definition) is 2. The molecule has 20 heavy (non-hydrogen) atoms. The summed E-state index contributed by atoms with van der Waals surface area (Å²) in [5, 5.41) is 4.05. The van der Waals surface area contributed by atoms with Crippen molar-refractivity contribution >= 4 is 17.3 Å². The molecule has 5 nitrogen and oxygen atoms in total. The number of benzene rings is 1. The van der Waals surface area contributed by atoms with E-state index in [1.807, 2.05) is 19.9 Å². The predicted octanol–water partition coefficient (Wildman–Crippen LogP) is 2.63. The summed E-state index contributed by atoms with van der Waals surface area (Å²) in [5.74, 6) is 1.14. The Morgan fingerprint density at radius 3 is 2.60 bits per heavy atom. The Morgan fingerprint density at radius 1 is 1.30 bits per heavy atom. The first kappa shape index (κ1) is 13.9. The molecule has 3 N–H and O–H groups in total. The molecule has 0 bridgehead atoms. The van der Waals surface area contributed by atoms with E-state index in [1.54, 1.807) is 31.2 Å². The zero-order chi connectivity index (χ0) is 14.7. The third-order valence-electron chi connectivity index (χ3n) is 2.90. The van der Waals surface area contributed by atoms with Gasteiger partial charge in [-0.05, 0) is 44.5 Å². The third kappa shape index (κ3) is 2.88. The first-order chi connectivity index (χ1) is 9.49. The predicted molar refractivity (Wildman–Crippen MR) is 78.7 cm³/mol. The summed E-state index contributed by atoms with van der Waals surface area (Å²) >= 11 is 0. The lowest BCUT2D eigenvalue weighted by Gasteiger charge is -2.04. The van der Waals surface area contributed by atoms with Crippen molar-refractivity contribution in [1.82, 2.24) is 5.43 Å². The van der Waals surface area contributed by atoms with Crippen LogP contribution in [-0.4, -0.2) is 11.6 Å². The van der Waals surface area contributed by atoms with Crippen LogP contribution in [0.1, 0.15) is 34.4 Å². The number of nitrogens with one attached hydrogen (secondary N) is 1. The standard InChI is InChI=1S/C15H17N3O2/c1-9-8-10(2)20-14(9)11(3)17-18-15(19)12-6-4-5-7-13(12)16/h4-8H,16H2,1-3H3,(H,18,19)/b17-11+. The molecule has 0 aliphatic carbocycles. The van der Waals surface area contributed by atoms with Crippen LogP contribution in [0.4, 0.5) is 5.69 Å². The van der Waals surface area contributed by atoms with Gasteiger partial charge in [0, 0.05) is 5.69 Å². The number of hydrazone groups is 1. The molecule has 0 saturated heterocycles. The van der Waals surface area contributed by atoms with E-state index in [2.05, 4.69) is 10.5 Å². The van der Waals surface area contributed by atoms with Gasteiger partial charge in [-0.1, -0.05) is 12.1 Å². The number of nitrogen functional groups attached to an aromatic ring is 1. The molecule has 1 heterocycles. The molecular formula is C15H17N3O2. The van der Waals surface area contributed by atoms with Gasteiger partial charge in [0.2, 0.25) is 0 Å². The highest BCUT2D eigenvalue weighted by atomic mass is 16.3. The second-order valence-corrected chi connectivity index (χ2v) is 4.59. The van der Waals surface area contributed by atoms with Crippen LogP contribution in [0.2, 0.25) is 0 Å². The number of para-hydroxylation sites is 1. The average Bonchev–Trinajstić information content (AvgIpc) is 2.75. The van der Waals surface area contributed by atoms with Crippen LogP contribution in [0.25, 0.3) is 0 Å². The van der Waals surface area contributed by atoms with Gasteiger partial charge in [-0.15, -0.1) is 0 Å². The normalized spacial score (nSPS) is 11.4. The Balaban J connectivity index is 2.15. The Bertz CT molecular complexity index is 672. The molecule has 2 aromatic rings. The summed E-state index contributed by atoms with van der Waals surface area (Å²) in [6, 6.07) is 8.77.